The molecule has 1 nitrogen and oxygen atoms in total. The van der Waals surface area contributed by atoms with E-state index in [1.165, 1.54) is 16.0 Å². The molecule has 14 heavy (non-hydrogen) atoms. The van der Waals surface area contributed by atoms with E-state index in [4.69, 9.17) is 5.11 Å². The normalized spacial score (nSPS) is 10.4. The fourth-order valence-corrected chi connectivity index (χ4v) is 2.36. The van der Waals surface area contributed by atoms with Crippen LogP contribution in [0.4, 0.5) is 0 Å². The van der Waals surface area contributed by atoms with E-state index in [-0.39, 0.29) is 6.61 Å². The summed E-state index contributed by atoms with van der Waals surface area (Å²) in [5, 5.41) is 11.2. The van der Waals surface area contributed by atoms with E-state index in [0.29, 0.717) is 0 Å². The smallest absolute Gasteiger partial charge is 0.0684 e. The predicted molar refractivity (Wildman–Crippen MR) is 60.4 cm³/mol. The molecule has 2 aromatic rings. The van der Waals surface area contributed by atoms with Gasteiger partial charge in [0.15, 0.2) is 0 Å². The SMILES string of the molecule is Cc1c(CO)cccc1-c1cccs1. The summed E-state index contributed by atoms with van der Waals surface area (Å²) in [6.07, 6.45) is 0. The summed E-state index contributed by atoms with van der Waals surface area (Å²) < 4.78 is 0. The van der Waals surface area contributed by atoms with Crippen molar-refractivity contribution in [2.45, 2.75) is 13.5 Å². The number of thiophene rings is 1. The topological polar surface area (TPSA) is 20.2 Å². The van der Waals surface area contributed by atoms with Gasteiger partial charge < -0.3 is 5.11 Å². The van der Waals surface area contributed by atoms with Gasteiger partial charge in [0.2, 0.25) is 0 Å². The average Bonchev–Trinajstić information content (AvgIpc) is 2.71. The molecule has 0 aliphatic carbocycles. The van der Waals surface area contributed by atoms with E-state index in [1.54, 1.807) is 11.3 Å². The van der Waals surface area contributed by atoms with Crippen molar-refractivity contribution in [2.75, 3.05) is 0 Å². The molecule has 1 aromatic heterocycles. The highest BCUT2D eigenvalue weighted by molar-refractivity contribution is 7.13. The Morgan fingerprint density at radius 2 is 2.07 bits per heavy atom. The molecule has 0 bridgehead atoms. The Labute approximate surface area is 87.7 Å². The summed E-state index contributed by atoms with van der Waals surface area (Å²) in [7, 11) is 0. The maximum atomic E-state index is 9.14. The van der Waals surface area contributed by atoms with Gasteiger partial charge in [-0.15, -0.1) is 11.3 Å². The molecule has 0 amide bonds. The molecule has 0 unspecified atom stereocenters. The lowest BCUT2D eigenvalue weighted by molar-refractivity contribution is 0.281. The van der Waals surface area contributed by atoms with Crippen LogP contribution in [0.2, 0.25) is 0 Å². The van der Waals surface area contributed by atoms with Gasteiger partial charge in [0.05, 0.1) is 6.61 Å². The van der Waals surface area contributed by atoms with Gasteiger partial charge in [-0.05, 0) is 35.1 Å². The molecule has 0 fully saturated rings. The fraction of sp³-hybridized carbons (Fsp3) is 0.167. The van der Waals surface area contributed by atoms with E-state index in [2.05, 4.69) is 24.4 Å². The van der Waals surface area contributed by atoms with Crippen molar-refractivity contribution in [3.63, 3.8) is 0 Å². The third kappa shape index (κ3) is 1.59. The monoisotopic (exact) mass is 204 g/mol. The number of aliphatic hydroxyl groups is 1. The van der Waals surface area contributed by atoms with E-state index in [9.17, 15) is 0 Å². The minimum Gasteiger partial charge on any atom is -0.392 e. The highest BCUT2D eigenvalue weighted by Crippen LogP contribution is 2.29. The van der Waals surface area contributed by atoms with Crippen LogP contribution in [-0.4, -0.2) is 5.11 Å². The zero-order chi connectivity index (χ0) is 9.97. The second-order valence-corrected chi connectivity index (χ2v) is 4.17. The van der Waals surface area contributed by atoms with Gasteiger partial charge in [-0.1, -0.05) is 24.3 Å². The largest absolute Gasteiger partial charge is 0.392 e. The summed E-state index contributed by atoms with van der Waals surface area (Å²) in [6.45, 7) is 2.17. The first kappa shape index (κ1) is 9.44. The quantitative estimate of drug-likeness (QED) is 0.796. The molecule has 0 saturated heterocycles. The van der Waals surface area contributed by atoms with Gasteiger partial charge in [-0.2, -0.15) is 0 Å². The average molecular weight is 204 g/mol. The molecule has 72 valence electrons. The third-order valence-electron chi connectivity index (χ3n) is 2.40. The molecule has 1 heterocycles. The van der Waals surface area contributed by atoms with Crippen molar-refractivity contribution >= 4 is 11.3 Å². The molecule has 0 spiro atoms. The van der Waals surface area contributed by atoms with Crippen molar-refractivity contribution in [1.29, 1.82) is 0 Å². The van der Waals surface area contributed by atoms with Crippen LogP contribution in [0.5, 0.6) is 0 Å². The number of rotatable bonds is 2. The Balaban J connectivity index is 2.54. The molecule has 2 heteroatoms. The van der Waals surface area contributed by atoms with Crippen LogP contribution in [0.25, 0.3) is 10.4 Å². The van der Waals surface area contributed by atoms with Crippen LogP contribution < -0.4 is 0 Å². The van der Waals surface area contributed by atoms with Gasteiger partial charge in [0.25, 0.3) is 0 Å². The highest BCUT2D eigenvalue weighted by Gasteiger charge is 2.05. The summed E-state index contributed by atoms with van der Waals surface area (Å²) in [4.78, 5) is 1.26. The Bertz CT molecular complexity index is 418. The van der Waals surface area contributed by atoms with Gasteiger partial charge in [-0.25, -0.2) is 0 Å². The van der Waals surface area contributed by atoms with Gasteiger partial charge in [-0.3, -0.25) is 0 Å². The molecule has 2 rings (SSSR count). The van der Waals surface area contributed by atoms with E-state index < -0.39 is 0 Å². The Morgan fingerprint density at radius 1 is 1.21 bits per heavy atom. The Morgan fingerprint density at radius 3 is 2.71 bits per heavy atom. The Kier molecular flexibility index (Phi) is 2.66. The van der Waals surface area contributed by atoms with Crippen LogP contribution >= 0.6 is 11.3 Å². The summed E-state index contributed by atoms with van der Waals surface area (Å²) in [5.41, 5.74) is 3.42. The summed E-state index contributed by atoms with van der Waals surface area (Å²) >= 11 is 1.73. The maximum Gasteiger partial charge on any atom is 0.0684 e. The predicted octanol–water partition coefficient (Wildman–Crippen LogP) is 3.22. The number of hydrogen-bond donors (Lipinski definition) is 1. The van der Waals surface area contributed by atoms with Gasteiger partial charge in [0.1, 0.15) is 0 Å². The van der Waals surface area contributed by atoms with Crippen molar-refractivity contribution in [3.8, 4) is 10.4 Å². The van der Waals surface area contributed by atoms with E-state index in [1.807, 2.05) is 18.2 Å². The Hall–Kier alpha value is -1.12. The lowest BCUT2D eigenvalue weighted by atomic mass is 10.0. The van der Waals surface area contributed by atoms with Gasteiger partial charge >= 0.3 is 0 Å². The standard InChI is InChI=1S/C12H12OS/c1-9-10(8-13)4-2-5-11(9)12-6-3-7-14-12/h2-7,13H,8H2,1H3. The summed E-state index contributed by atoms with van der Waals surface area (Å²) in [6, 6.07) is 10.2. The minimum atomic E-state index is 0.116. The number of hydrogen-bond acceptors (Lipinski definition) is 2. The van der Waals surface area contributed by atoms with Crippen LogP contribution in [-0.2, 0) is 6.61 Å². The molecular weight excluding hydrogens is 192 g/mol. The third-order valence-corrected chi connectivity index (χ3v) is 3.31. The first-order valence-electron chi connectivity index (χ1n) is 4.56. The molecule has 0 aliphatic rings. The van der Waals surface area contributed by atoms with Crippen molar-refractivity contribution in [1.82, 2.24) is 0 Å². The number of aliphatic hydroxyl groups excluding tert-OH is 1. The van der Waals surface area contributed by atoms with E-state index >= 15 is 0 Å². The molecule has 0 radical (unpaired) electrons. The van der Waals surface area contributed by atoms with Crippen molar-refractivity contribution in [3.05, 3.63) is 46.8 Å². The zero-order valence-electron chi connectivity index (χ0n) is 8.03. The number of benzene rings is 1. The maximum absolute atomic E-state index is 9.14. The highest BCUT2D eigenvalue weighted by atomic mass is 32.1. The van der Waals surface area contributed by atoms with Crippen LogP contribution in [0.1, 0.15) is 11.1 Å². The molecule has 1 aromatic carbocycles. The fourth-order valence-electron chi connectivity index (χ4n) is 1.55. The second-order valence-electron chi connectivity index (χ2n) is 3.23. The summed E-state index contributed by atoms with van der Waals surface area (Å²) in [5.74, 6) is 0. The lowest BCUT2D eigenvalue weighted by Crippen LogP contribution is -1.90. The van der Waals surface area contributed by atoms with Crippen molar-refractivity contribution in [2.24, 2.45) is 0 Å². The van der Waals surface area contributed by atoms with Crippen LogP contribution in [0.3, 0.4) is 0 Å². The van der Waals surface area contributed by atoms with Crippen molar-refractivity contribution < 1.29 is 5.11 Å². The zero-order valence-corrected chi connectivity index (χ0v) is 8.84. The van der Waals surface area contributed by atoms with Crippen LogP contribution in [0, 0.1) is 6.92 Å². The first-order chi connectivity index (χ1) is 6.83. The van der Waals surface area contributed by atoms with Gasteiger partial charge in [0, 0.05) is 4.88 Å². The van der Waals surface area contributed by atoms with Crippen LogP contribution in [0.15, 0.2) is 35.7 Å². The lowest BCUT2D eigenvalue weighted by Gasteiger charge is -2.07. The molecule has 0 aliphatic heterocycles. The molecule has 1 N–H and O–H groups in total. The molecular formula is C12H12OS. The first-order valence-corrected chi connectivity index (χ1v) is 5.44. The minimum absolute atomic E-state index is 0.116. The molecule has 0 saturated carbocycles. The van der Waals surface area contributed by atoms with E-state index in [0.717, 1.165) is 5.56 Å². The molecule has 0 atom stereocenters. The second kappa shape index (κ2) is 3.95.